The summed E-state index contributed by atoms with van der Waals surface area (Å²) in [6.07, 6.45) is 6.87. The van der Waals surface area contributed by atoms with Gasteiger partial charge in [0.2, 0.25) is 0 Å². The first kappa shape index (κ1) is 15.3. The van der Waals surface area contributed by atoms with Crippen molar-refractivity contribution in [3.8, 4) is 0 Å². The van der Waals surface area contributed by atoms with Gasteiger partial charge in [0.25, 0.3) is 0 Å². The summed E-state index contributed by atoms with van der Waals surface area (Å²) in [7, 11) is 0. The van der Waals surface area contributed by atoms with Gasteiger partial charge in [0.05, 0.1) is 0 Å². The molecule has 2 unspecified atom stereocenters. The van der Waals surface area contributed by atoms with E-state index in [9.17, 15) is 0 Å². The molecule has 2 heterocycles. The second-order valence-corrected chi connectivity index (χ2v) is 6.32. The van der Waals surface area contributed by atoms with E-state index in [-0.39, 0.29) is 0 Å². The summed E-state index contributed by atoms with van der Waals surface area (Å²) in [5.41, 5.74) is 0. The lowest BCUT2D eigenvalue weighted by molar-refractivity contribution is 0.130. The van der Waals surface area contributed by atoms with Gasteiger partial charge >= 0.3 is 0 Å². The third kappa shape index (κ3) is 4.73. The number of nitrogens with zero attached hydrogens (tertiary/aromatic N) is 2. The van der Waals surface area contributed by atoms with Gasteiger partial charge in [-0.2, -0.15) is 0 Å². The molecule has 2 saturated heterocycles. The molecule has 0 aromatic carbocycles. The third-order valence-corrected chi connectivity index (χ3v) is 4.96. The molecular weight excluding hydrogens is 234 g/mol. The SMILES string of the molecule is CCNC1CCN(CCCN2CCCC2)CC1CC. The van der Waals surface area contributed by atoms with E-state index in [1.165, 1.54) is 71.4 Å². The summed E-state index contributed by atoms with van der Waals surface area (Å²) in [5.74, 6) is 0.862. The largest absolute Gasteiger partial charge is 0.314 e. The molecule has 0 spiro atoms. The highest BCUT2D eigenvalue weighted by Crippen LogP contribution is 2.20. The predicted octanol–water partition coefficient (Wildman–Crippen LogP) is 2.18. The van der Waals surface area contributed by atoms with Crippen LogP contribution in [0, 0.1) is 5.92 Å². The summed E-state index contributed by atoms with van der Waals surface area (Å²) >= 11 is 0. The fourth-order valence-corrected chi connectivity index (χ4v) is 3.78. The van der Waals surface area contributed by atoms with Gasteiger partial charge in [-0.3, -0.25) is 0 Å². The predicted molar refractivity (Wildman–Crippen MR) is 82.6 cm³/mol. The molecule has 2 fully saturated rings. The Morgan fingerprint density at radius 2 is 1.74 bits per heavy atom. The maximum atomic E-state index is 3.67. The first-order valence-corrected chi connectivity index (χ1v) is 8.51. The third-order valence-electron chi connectivity index (χ3n) is 4.96. The lowest BCUT2D eigenvalue weighted by Gasteiger charge is -2.39. The zero-order valence-corrected chi connectivity index (χ0v) is 13.0. The molecule has 0 aromatic rings. The van der Waals surface area contributed by atoms with Gasteiger partial charge in [-0.25, -0.2) is 0 Å². The van der Waals surface area contributed by atoms with Crippen molar-refractivity contribution < 1.29 is 0 Å². The van der Waals surface area contributed by atoms with E-state index in [2.05, 4.69) is 29.0 Å². The zero-order valence-electron chi connectivity index (χ0n) is 13.0. The van der Waals surface area contributed by atoms with Gasteiger partial charge in [0, 0.05) is 12.6 Å². The van der Waals surface area contributed by atoms with Gasteiger partial charge in [0.15, 0.2) is 0 Å². The lowest BCUT2D eigenvalue weighted by atomic mass is 9.90. The van der Waals surface area contributed by atoms with Crippen LogP contribution in [0.4, 0.5) is 0 Å². The van der Waals surface area contributed by atoms with Crippen LogP contribution < -0.4 is 5.32 Å². The van der Waals surface area contributed by atoms with E-state index in [4.69, 9.17) is 0 Å². The van der Waals surface area contributed by atoms with Crippen LogP contribution in [0.5, 0.6) is 0 Å². The summed E-state index contributed by atoms with van der Waals surface area (Å²) in [6.45, 7) is 13.6. The summed E-state index contributed by atoms with van der Waals surface area (Å²) in [6, 6.07) is 0.768. The second kappa shape index (κ2) is 8.23. The van der Waals surface area contributed by atoms with Crippen molar-refractivity contribution in [3.05, 3.63) is 0 Å². The topological polar surface area (TPSA) is 18.5 Å². The molecule has 0 saturated carbocycles. The Labute approximate surface area is 119 Å². The highest BCUT2D eigenvalue weighted by atomic mass is 15.2. The molecule has 0 aromatic heterocycles. The molecule has 0 aliphatic carbocycles. The molecular formula is C16H33N3. The molecule has 1 N–H and O–H groups in total. The van der Waals surface area contributed by atoms with Crippen molar-refractivity contribution in [2.75, 3.05) is 45.8 Å². The molecule has 2 aliphatic rings. The van der Waals surface area contributed by atoms with Crippen molar-refractivity contribution in [1.82, 2.24) is 15.1 Å². The number of nitrogens with one attached hydrogen (secondary N) is 1. The highest BCUT2D eigenvalue weighted by molar-refractivity contribution is 4.84. The van der Waals surface area contributed by atoms with Crippen molar-refractivity contribution in [2.24, 2.45) is 5.92 Å². The molecule has 19 heavy (non-hydrogen) atoms. The maximum Gasteiger partial charge on any atom is 0.0119 e. The van der Waals surface area contributed by atoms with Crippen LogP contribution >= 0.6 is 0 Å². The van der Waals surface area contributed by atoms with E-state index in [0.29, 0.717) is 0 Å². The smallest absolute Gasteiger partial charge is 0.0119 e. The Morgan fingerprint density at radius 3 is 2.42 bits per heavy atom. The molecule has 3 nitrogen and oxygen atoms in total. The number of hydrogen-bond acceptors (Lipinski definition) is 3. The first-order valence-electron chi connectivity index (χ1n) is 8.51. The van der Waals surface area contributed by atoms with Crippen LogP contribution in [0.25, 0.3) is 0 Å². The first-order chi connectivity index (χ1) is 9.33. The van der Waals surface area contributed by atoms with Crippen LogP contribution in [0.15, 0.2) is 0 Å². The lowest BCUT2D eigenvalue weighted by Crippen LogP contribution is -2.49. The van der Waals surface area contributed by atoms with Crippen molar-refractivity contribution in [2.45, 2.75) is 52.0 Å². The Hall–Kier alpha value is -0.120. The van der Waals surface area contributed by atoms with Gasteiger partial charge < -0.3 is 15.1 Å². The average molecular weight is 267 g/mol. The number of rotatable bonds is 7. The molecule has 2 rings (SSSR count). The van der Waals surface area contributed by atoms with E-state index in [1.807, 2.05) is 0 Å². The van der Waals surface area contributed by atoms with Crippen molar-refractivity contribution in [1.29, 1.82) is 0 Å². The van der Waals surface area contributed by atoms with Crippen LogP contribution in [0.1, 0.15) is 46.0 Å². The zero-order chi connectivity index (χ0) is 13.5. The van der Waals surface area contributed by atoms with Gasteiger partial charge in [0.1, 0.15) is 0 Å². The van der Waals surface area contributed by atoms with Crippen molar-refractivity contribution in [3.63, 3.8) is 0 Å². The van der Waals surface area contributed by atoms with Crippen molar-refractivity contribution >= 4 is 0 Å². The van der Waals surface area contributed by atoms with E-state index in [1.54, 1.807) is 0 Å². The molecule has 2 atom stereocenters. The Morgan fingerprint density at radius 1 is 1.00 bits per heavy atom. The summed E-state index contributed by atoms with van der Waals surface area (Å²) in [5, 5.41) is 3.67. The number of hydrogen-bond donors (Lipinski definition) is 1. The normalized spacial score (nSPS) is 30.0. The van der Waals surface area contributed by atoms with Gasteiger partial charge in [-0.05, 0) is 70.9 Å². The average Bonchev–Trinajstić information content (AvgIpc) is 2.94. The Kier molecular flexibility index (Phi) is 6.62. The minimum absolute atomic E-state index is 0.768. The van der Waals surface area contributed by atoms with E-state index >= 15 is 0 Å². The standard InChI is InChI=1S/C16H33N3/c1-3-15-14-19(13-8-16(15)17-4-2)12-7-11-18-9-5-6-10-18/h15-17H,3-14H2,1-2H3. The Bertz CT molecular complexity index is 238. The molecule has 0 amide bonds. The number of piperidine rings is 1. The molecule has 2 aliphatic heterocycles. The highest BCUT2D eigenvalue weighted by Gasteiger charge is 2.26. The van der Waals surface area contributed by atoms with Gasteiger partial charge in [-0.1, -0.05) is 20.3 Å². The molecule has 0 bridgehead atoms. The monoisotopic (exact) mass is 267 g/mol. The van der Waals surface area contributed by atoms with Crippen LogP contribution in [0.3, 0.4) is 0 Å². The van der Waals surface area contributed by atoms with Gasteiger partial charge in [-0.15, -0.1) is 0 Å². The fourth-order valence-electron chi connectivity index (χ4n) is 3.78. The van der Waals surface area contributed by atoms with Crippen LogP contribution in [-0.4, -0.2) is 61.7 Å². The molecule has 112 valence electrons. The minimum Gasteiger partial charge on any atom is -0.314 e. The summed E-state index contributed by atoms with van der Waals surface area (Å²) < 4.78 is 0. The Balaban J connectivity index is 1.64. The van der Waals surface area contributed by atoms with E-state index in [0.717, 1.165) is 18.5 Å². The minimum atomic E-state index is 0.768. The molecule has 0 radical (unpaired) electrons. The maximum absolute atomic E-state index is 3.67. The van der Waals surface area contributed by atoms with Crippen LogP contribution in [-0.2, 0) is 0 Å². The second-order valence-electron chi connectivity index (χ2n) is 6.32. The van der Waals surface area contributed by atoms with E-state index < -0.39 is 0 Å². The quantitative estimate of drug-likeness (QED) is 0.763. The number of likely N-dealkylation sites (tertiary alicyclic amines) is 2. The fraction of sp³-hybridized carbons (Fsp3) is 1.00. The molecule has 3 heteroatoms. The summed E-state index contributed by atoms with van der Waals surface area (Å²) in [4.78, 5) is 5.35. The van der Waals surface area contributed by atoms with Crippen LogP contribution in [0.2, 0.25) is 0 Å².